The highest BCUT2D eigenvalue weighted by atomic mass is 16.5. The Morgan fingerprint density at radius 3 is 1.84 bits per heavy atom. The van der Waals surface area contributed by atoms with Crippen LogP contribution in [-0.4, -0.2) is 52.2 Å². The molecule has 1 aromatic carbocycles. The Morgan fingerprint density at radius 1 is 0.614 bits per heavy atom. The van der Waals surface area contributed by atoms with Crippen molar-refractivity contribution >= 4 is 24.1 Å². The first-order valence-electron chi connectivity index (χ1n) is 14.1. The summed E-state index contributed by atoms with van der Waals surface area (Å²) in [6.07, 6.45) is 7.25. The van der Waals surface area contributed by atoms with Crippen molar-refractivity contribution in [3.63, 3.8) is 0 Å². The summed E-state index contributed by atoms with van der Waals surface area (Å²) in [5.41, 5.74) is 5.66. The third kappa shape index (κ3) is 7.19. The number of hydrogen-bond donors (Lipinski definition) is 0. The lowest BCUT2D eigenvalue weighted by Gasteiger charge is -2.10. The van der Waals surface area contributed by atoms with Gasteiger partial charge in [0, 0.05) is 12.4 Å². The van der Waals surface area contributed by atoms with Crippen LogP contribution in [0.1, 0.15) is 45.7 Å². The molecule has 0 radical (unpaired) electrons. The van der Waals surface area contributed by atoms with Gasteiger partial charge in [0.25, 0.3) is 0 Å². The minimum absolute atomic E-state index is 0.213. The summed E-state index contributed by atoms with van der Waals surface area (Å²) in [6.45, 7) is 3.94. The van der Waals surface area contributed by atoms with E-state index in [1.54, 1.807) is 57.5 Å². The molecule has 220 valence electrons. The molecule has 5 rings (SSSR count). The second kappa shape index (κ2) is 14.0. The number of carbonyl (C=O) groups excluding carboxylic acids is 2. The van der Waals surface area contributed by atoms with Crippen LogP contribution in [-0.2, 0) is 9.47 Å². The Bertz CT molecular complexity index is 1820. The van der Waals surface area contributed by atoms with Crippen LogP contribution < -0.4 is 4.74 Å². The standard InChI is InChI=1S/C35H30N4O5/c1-4-43-34(40)25-16-18-37-31(20-25)33-22-26(35(41)44-5-2)21-32(39-33)29-8-6-7-28(38-29)30-19-24(15-17-36-30)10-9-23-11-13-27(42-3)14-12-23/h6-22H,4-5H2,1-3H3. The first-order chi connectivity index (χ1) is 21.5. The monoisotopic (exact) mass is 586 g/mol. The average molecular weight is 587 g/mol. The molecule has 9 heteroatoms. The lowest BCUT2D eigenvalue weighted by molar-refractivity contribution is 0.0516. The third-order valence-corrected chi connectivity index (χ3v) is 6.51. The molecule has 0 bridgehead atoms. The molecule has 0 N–H and O–H groups in total. The fourth-order valence-electron chi connectivity index (χ4n) is 4.36. The van der Waals surface area contributed by atoms with Crippen molar-refractivity contribution in [3.05, 3.63) is 114 Å². The van der Waals surface area contributed by atoms with E-state index in [4.69, 9.17) is 24.2 Å². The molecule has 0 saturated carbocycles. The number of rotatable bonds is 10. The molecular formula is C35H30N4O5. The van der Waals surface area contributed by atoms with E-state index < -0.39 is 11.9 Å². The summed E-state index contributed by atoms with van der Waals surface area (Å²) in [4.78, 5) is 43.7. The number of hydrogen-bond acceptors (Lipinski definition) is 9. The average Bonchev–Trinajstić information content (AvgIpc) is 3.08. The van der Waals surface area contributed by atoms with Crippen LogP contribution in [0.2, 0.25) is 0 Å². The van der Waals surface area contributed by atoms with Crippen LogP contribution in [0.5, 0.6) is 5.75 Å². The number of ether oxygens (including phenoxy) is 3. The van der Waals surface area contributed by atoms with Gasteiger partial charge in [0.2, 0.25) is 0 Å². The normalized spacial score (nSPS) is 10.9. The zero-order valence-corrected chi connectivity index (χ0v) is 24.6. The van der Waals surface area contributed by atoms with Crippen molar-refractivity contribution in [2.45, 2.75) is 13.8 Å². The second-order valence-corrected chi connectivity index (χ2v) is 9.49. The maximum absolute atomic E-state index is 12.8. The first-order valence-corrected chi connectivity index (χ1v) is 14.1. The Kier molecular flexibility index (Phi) is 9.46. The summed E-state index contributed by atoms with van der Waals surface area (Å²) in [6, 6.07) is 23.6. The third-order valence-electron chi connectivity index (χ3n) is 6.51. The van der Waals surface area contributed by atoms with Gasteiger partial charge in [0.1, 0.15) is 5.75 Å². The van der Waals surface area contributed by atoms with Crippen LogP contribution in [0.3, 0.4) is 0 Å². The summed E-state index contributed by atoms with van der Waals surface area (Å²) >= 11 is 0. The molecule has 0 aliphatic heterocycles. The topological polar surface area (TPSA) is 113 Å². The summed E-state index contributed by atoms with van der Waals surface area (Å²) in [7, 11) is 1.64. The second-order valence-electron chi connectivity index (χ2n) is 9.49. The molecule has 0 aliphatic rings. The zero-order valence-electron chi connectivity index (χ0n) is 24.6. The fraction of sp³-hybridized carbons (Fsp3) is 0.143. The van der Waals surface area contributed by atoms with Crippen LogP contribution in [0.15, 0.2) is 91.3 Å². The van der Waals surface area contributed by atoms with E-state index in [0.717, 1.165) is 16.9 Å². The predicted molar refractivity (Wildman–Crippen MR) is 168 cm³/mol. The largest absolute Gasteiger partial charge is 0.497 e. The molecular weight excluding hydrogens is 556 g/mol. The molecule has 9 nitrogen and oxygen atoms in total. The summed E-state index contributed by atoms with van der Waals surface area (Å²) in [5, 5.41) is 0. The van der Waals surface area contributed by atoms with Crippen LogP contribution in [0, 0.1) is 0 Å². The van der Waals surface area contributed by atoms with Gasteiger partial charge >= 0.3 is 11.9 Å². The van der Waals surface area contributed by atoms with Gasteiger partial charge in [-0.1, -0.05) is 30.4 Å². The van der Waals surface area contributed by atoms with Crippen LogP contribution >= 0.6 is 0 Å². The Hall–Kier alpha value is -5.70. The van der Waals surface area contributed by atoms with E-state index in [2.05, 4.69) is 9.97 Å². The van der Waals surface area contributed by atoms with E-state index in [1.165, 1.54) is 6.20 Å². The molecule has 0 unspecified atom stereocenters. The number of benzene rings is 1. The van der Waals surface area contributed by atoms with E-state index >= 15 is 0 Å². The maximum atomic E-state index is 12.8. The molecule has 0 saturated heterocycles. The maximum Gasteiger partial charge on any atom is 0.338 e. The lowest BCUT2D eigenvalue weighted by Crippen LogP contribution is -2.07. The van der Waals surface area contributed by atoms with Gasteiger partial charge in [-0.3, -0.25) is 9.97 Å². The van der Waals surface area contributed by atoms with Gasteiger partial charge in [-0.25, -0.2) is 19.6 Å². The van der Waals surface area contributed by atoms with E-state index in [-0.39, 0.29) is 18.8 Å². The SMILES string of the molecule is CCOC(=O)c1ccnc(-c2cc(C(=O)OCC)cc(-c3cccc(-c4cc(C=Cc5ccc(OC)cc5)ccn4)n3)n2)c1. The molecule has 44 heavy (non-hydrogen) atoms. The van der Waals surface area contributed by atoms with Crippen molar-refractivity contribution in [1.82, 2.24) is 19.9 Å². The molecule has 0 atom stereocenters. The minimum atomic E-state index is -0.506. The molecule has 4 heterocycles. The highest BCUT2D eigenvalue weighted by molar-refractivity contribution is 5.93. The smallest absolute Gasteiger partial charge is 0.338 e. The van der Waals surface area contributed by atoms with E-state index in [1.807, 2.05) is 60.7 Å². The van der Waals surface area contributed by atoms with E-state index in [9.17, 15) is 9.59 Å². The van der Waals surface area contributed by atoms with Gasteiger partial charge < -0.3 is 14.2 Å². The van der Waals surface area contributed by atoms with E-state index in [0.29, 0.717) is 39.7 Å². The number of methoxy groups -OCH3 is 1. The van der Waals surface area contributed by atoms with Crippen molar-refractivity contribution < 1.29 is 23.8 Å². The number of esters is 2. The number of carbonyl (C=O) groups is 2. The van der Waals surface area contributed by atoms with Gasteiger partial charge in [0.05, 0.1) is 65.6 Å². The number of pyridine rings is 4. The molecule has 4 aromatic heterocycles. The number of aromatic nitrogens is 4. The van der Waals surface area contributed by atoms with Gasteiger partial charge in [-0.2, -0.15) is 0 Å². The highest BCUT2D eigenvalue weighted by Crippen LogP contribution is 2.26. The van der Waals surface area contributed by atoms with Crippen molar-refractivity contribution in [3.8, 4) is 39.9 Å². The van der Waals surface area contributed by atoms with Crippen LogP contribution in [0.4, 0.5) is 0 Å². The summed E-state index contributed by atoms with van der Waals surface area (Å²) in [5.74, 6) is -0.177. The van der Waals surface area contributed by atoms with Gasteiger partial charge in [0.15, 0.2) is 0 Å². The van der Waals surface area contributed by atoms with Crippen LogP contribution in [0.25, 0.3) is 46.3 Å². The molecule has 0 fully saturated rings. The quantitative estimate of drug-likeness (QED) is 0.163. The zero-order chi connectivity index (χ0) is 30.9. The summed E-state index contributed by atoms with van der Waals surface area (Å²) < 4.78 is 15.6. The van der Waals surface area contributed by atoms with Crippen molar-refractivity contribution in [1.29, 1.82) is 0 Å². The lowest BCUT2D eigenvalue weighted by atomic mass is 10.1. The van der Waals surface area contributed by atoms with Crippen molar-refractivity contribution in [2.75, 3.05) is 20.3 Å². The molecule has 0 aliphatic carbocycles. The highest BCUT2D eigenvalue weighted by Gasteiger charge is 2.17. The number of nitrogens with zero attached hydrogens (tertiary/aromatic N) is 4. The Labute approximate surface area is 255 Å². The molecule has 0 amide bonds. The Morgan fingerprint density at radius 2 is 1.16 bits per heavy atom. The van der Waals surface area contributed by atoms with Crippen molar-refractivity contribution in [2.24, 2.45) is 0 Å². The molecule has 5 aromatic rings. The predicted octanol–water partition coefficient (Wildman–Crippen LogP) is 6.80. The fourth-order valence-corrected chi connectivity index (χ4v) is 4.36. The minimum Gasteiger partial charge on any atom is -0.497 e. The van der Waals surface area contributed by atoms with Gasteiger partial charge in [-0.15, -0.1) is 0 Å². The first kappa shape index (κ1) is 29.8. The molecule has 0 spiro atoms. The van der Waals surface area contributed by atoms with Gasteiger partial charge in [-0.05, 0) is 85.6 Å². The Balaban J connectivity index is 1.49.